The Labute approximate surface area is 247 Å². The summed E-state index contributed by atoms with van der Waals surface area (Å²) in [7, 11) is 3.45. The smallest absolute Gasteiger partial charge is 0.251 e. The fourth-order valence-corrected chi connectivity index (χ4v) is 5.33. The molecular weight excluding hydrogens is 530 g/mol. The normalized spacial score (nSPS) is 17.8. The van der Waals surface area contributed by atoms with Crippen LogP contribution in [0.25, 0.3) is 10.8 Å². The van der Waals surface area contributed by atoms with E-state index in [1.807, 2.05) is 72.8 Å². The van der Waals surface area contributed by atoms with Crippen LogP contribution in [0.3, 0.4) is 0 Å². The summed E-state index contributed by atoms with van der Waals surface area (Å²) in [5, 5.41) is 8.59. The molecule has 0 aliphatic carbocycles. The predicted octanol–water partition coefficient (Wildman–Crippen LogP) is 2.05. The maximum atomic E-state index is 13.8. The van der Waals surface area contributed by atoms with Gasteiger partial charge in [0.25, 0.3) is 5.91 Å². The molecule has 1 aliphatic rings. The van der Waals surface area contributed by atoms with Gasteiger partial charge < -0.3 is 31.9 Å². The summed E-state index contributed by atoms with van der Waals surface area (Å²) in [5.74, 6) is -0.777. The van der Waals surface area contributed by atoms with Crippen LogP contribution in [0.2, 0.25) is 0 Å². The zero-order valence-corrected chi connectivity index (χ0v) is 24.3. The Morgan fingerprint density at radius 1 is 1.05 bits per heavy atom. The van der Waals surface area contributed by atoms with Crippen LogP contribution in [0, 0.1) is 0 Å². The number of benzene rings is 3. The van der Waals surface area contributed by atoms with E-state index in [1.54, 1.807) is 23.9 Å². The Morgan fingerprint density at radius 3 is 2.48 bits per heavy atom. The molecule has 3 aromatic carbocycles. The van der Waals surface area contributed by atoms with Crippen molar-refractivity contribution < 1.29 is 14.4 Å². The van der Waals surface area contributed by atoms with Gasteiger partial charge in [0.15, 0.2) is 5.96 Å². The SMILES string of the molecule is CN(C)C(=O)[C@H](CN1CC[C@@H](CNC(=O)c2ccc3ccccc3c2)N[C@@H](CCCN=C(N)N)C1=O)c1ccccc1. The van der Waals surface area contributed by atoms with Gasteiger partial charge in [0.2, 0.25) is 11.8 Å². The fraction of sp³-hybridized carbons (Fsp3) is 0.375. The number of hydrogen-bond acceptors (Lipinski definition) is 5. The molecule has 1 saturated heterocycles. The van der Waals surface area contributed by atoms with Crippen molar-refractivity contribution in [1.29, 1.82) is 0 Å². The first-order valence-corrected chi connectivity index (χ1v) is 14.4. The van der Waals surface area contributed by atoms with Crippen LogP contribution in [0.5, 0.6) is 0 Å². The van der Waals surface area contributed by atoms with Crippen molar-refractivity contribution in [2.24, 2.45) is 16.5 Å². The molecule has 0 bridgehead atoms. The van der Waals surface area contributed by atoms with Gasteiger partial charge in [0.1, 0.15) is 0 Å². The Bertz CT molecular complexity index is 1410. The molecule has 0 spiro atoms. The Kier molecular flexibility index (Phi) is 10.5. The summed E-state index contributed by atoms with van der Waals surface area (Å²) in [6.07, 6.45) is 1.73. The largest absolute Gasteiger partial charge is 0.370 e. The molecule has 3 atom stereocenters. The highest BCUT2D eigenvalue weighted by atomic mass is 16.2. The lowest BCUT2D eigenvalue weighted by Gasteiger charge is -2.29. The summed E-state index contributed by atoms with van der Waals surface area (Å²) in [5.41, 5.74) is 12.4. The highest BCUT2D eigenvalue weighted by Crippen LogP contribution is 2.22. The van der Waals surface area contributed by atoms with Crippen LogP contribution in [0.15, 0.2) is 77.8 Å². The number of hydrogen-bond donors (Lipinski definition) is 4. The van der Waals surface area contributed by atoms with Crippen LogP contribution in [0.1, 0.15) is 41.1 Å². The third-order valence-electron chi connectivity index (χ3n) is 7.60. The van der Waals surface area contributed by atoms with E-state index in [0.717, 1.165) is 16.3 Å². The maximum absolute atomic E-state index is 13.8. The van der Waals surface area contributed by atoms with Crippen LogP contribution in [0.4, 0.5) is 0 Å². The van der Waals surface area contributed by atoms with E-state index in [1.165, 1.54) is 0 Å². The second kappa shape index (κ2) is 14.5. The molecule has 1 aliphatic heterocycles. The van der Waals surface area contributed by atoms with Gasteiger partial charge in [-0.15, -0.1) is 0 Å². The lowest BCUT2D eigenvalue weighted by Crippen LogP contribution is -2.49. The highest BCUT2D eigenvalue weighted by Gasteiger charge is 2.34. The molecule has 1 fully saturated rings. The minimum Gasteiger partial charge on any atom is -0.370 e. The van der Waals surface area contributed by atoms with Crippen molar-refractivity contribution in [3.8, 4) is 0 Å². The molecular formula is C32H41N7O3. The monoisotopic (exact) mass is 571 g/mol. The fourth-order valence-electron chi connectivity index (χ4n) is 5.33. The predicted molar refractivity (Wildman–Crippen MR) is 166 cm³/mol. The lowest BCUT2D eigenvalue weighted by molar-refractivity contribution is -0.135. The molecule has 222 valence electrons. The molecule has 4 rings (SSSR count). The van der Waals surface area contributed by atoms with E-state index in [4.69, 9.17) is 11.5 Å². The molecule has 10 heteroatoms. The van der Waals surface area contributed by atoms with Gasteiger partial charge in [0.05, 0.1) is 12.0 Å². The second-order valence-corrected chi connectivity index (χ2v) is 10.9. The van der Waals surface area contributed by atoms with E-state index >= 15 is 0 Å². The van der Waals surface area contributed by atoms with Crippen molar-refractivity contribution in [2.75, 3.05) is 40.3 Å². The second-order valence-electron chi connectivity index (χ2n) is 10.9. The average molecular weight is 572 g/mol. The number of nitrogens with zero attached hydrogens (tertiary/aromatic N) is 3. The van der Waals surface area contributed by atoms with Crippen molar-refractivity contribution in [3.05, 3.63) is 83.9 Å². The van der Waals surface area contributed by atoms with E-state index in [0.29, 0.717) is 44.5 Å². The number of amides is 3. The van der Waals surface area contributed by atoms with Crippen molar-refractivity contribution >= 4 is 34.5 Å². The average Bonchev–Trinajstić information content (AvgIpc) is 3.14. The van der Waals surface area contributed by atoms with Crippen LogP contribution >= 0.6 is 0 Å². The third-order valence-corrected chi connectivity index (χ3v) is 7.60. The number of likely N-dealkylation sites (N-methyl/N-ethyl adjacent to an activating group) is 1. The molecule has 0 saturated carbocycles. The number of fused-ring (bicyclic) bond motifs is 1. The minimum atomic E-state index is -0.504. The van der Waals surface area contributed by atoms with Gasteiger partial charge in [-0.05, 0) is 47.7 Å². The number of aliphatic imine (C=N–C) groups is 1. The summed E-state index contributed by atoms with van der Waals surface area (Å²) < 4.78 is 0. The van der Waals surface area contributed by atoms with Gasteiger partial charge in [0, 0.05) is 51.9 Å². The first-order valence-electron chi connectivity index (χ1n) is 14.4. The van der Waals surface area contributed by atoms with Crippen LogP contribution in [-0.4, -0.2) is 85.8 Å². The standard InChI is InChI=1S/C32H41N7O3/c1-38(2)30(41)27(23-10-4-3-5-11-23)21-39-18-16-26(37-28(31(39)42)13-8-17-35-32(33)34)20-36-29(40)25-15-14-22-9-6-7-12-24(22)19-25/h3-7,9-12,14-15,19,26-28,37H,8,13,16-18,20-21H2,1-2H3,(H,36,40)(H4,33,34,35)/t26-,27+,28-/m0/s1. The van der Waals surface area contributed by atoms with Crippen LogP contribution in [-0.2, 0) is 9.59 Å². The first kappa shape index (κ1) is 30.5. The molecule has 6 N–H and O–H groups in total. The summed E-state index contributed by atoms with van der Waals surface area (Å²) in [6, 6.07) is 22.5. The maximum Gasteiger partial charge on any atom is 0.251 e. The number of guanidine groups is 1. The molecule has 3 aromatic rings. The highest BCUT2D eigenvalue weighted by molar-refractivity contribution is 5.98. The van der Waals surface area contributed by atoms with Crippen LogP contribution < -0.4 is 22.1 Å². The molecule has 0 radical (unpaired) electrons. The van der Waals surface area contributed by atoms with Gasteiger partial charge >= 0.3 is 0 Å². The zero-order chi connectivity index (χ0) is 30.1. The molecule has 0 unspecified atom stereocenters. The Balaban J connectivity index is 1.48. The number of nitrogens with two attached hydrogens (primary N) is 2. The van der Waals surface area contributed by atoms with E-state index in [9.17, 15) is 14.4 Å². The number of nitrogens with one attached hydrogen (secondary N) is 2. The molecule has 42 heavy (non-hydrogen) atoms. The topological polar surface area (TPSA) is 146 Å². The van der Waals surface area contributed by atoms with E-state index in [2.05, 4.69) is 15.6 Å². The van der Waals surface area contributed by atoms with Gasteiger partial charge in [-0.1, -0.05) is 60.7 Å². The quantitative estimate of drug-likeness (QED) is 0.157. The number of rotatable bonds is 11. The van der Waals surface area contributed by atoms with E-state index < -0.39 is 12.0 Å². The summed E-state index contributed by atoms with van der Waals surface area (Å²) in [6.45, 7) is 1.48. The lowest BCUT2D eigenvalue weighted by atomic mass is 9.96. The number of carbonyl (C=O) groups is 3. The minimum absolute atomic E-state index is 0.0129. The molecule has 10 nitrogen and oxygen atoms in total. The molecule has 3 amide bonds. The third kappa shape index (κ3) is 8.07. The summed E-state index contributed by atoms with van der Waals surface area (Å²) in [4.78, 5) is 47.5. The molecule has 0 aromatic heterocycles. The number of carbonyl (C=O) groups excluding carboxylic acids is 3. The van der Waals surface area contributed by atoms with Crippen molar-refractivity contribution in [2.45, 2.75) is 37.3 Å². The van der Waals surface area contributed by atoms with Gasteiger partial charge in [-0.25, -0.2) is 0 Å². The molecule has 1 heterocycles. The van der Waals surface area contributed by atoms with Gasteiger partial charge in [-0.3, -0.25) is 19.4 Å². The Morgan fingerprint density at radius 2 is 1.76 bits per heavy atom. The van der Waals surface area contributed by atoms with Gasteiger partial charge in [-0.2, -0.15) is 0 Å². The van der Waals surface area contributed by atoms with E-state index in [-0.39, 0.29) is 36.3 Å². The van der Waals surface area contributed by atoms with Crippen molar-refractivity contribution in [3.63, 3.8) is 0 Å². The summed E-state index contributed by atoms with van der Waals surface area (Å²) >= 11 is 0. The Hall–Kier alpha value is -4.44. The van der Waals surface area contributed by atoms with Crippen molar-refractivity contribution in [1.82, 2.24) is 20.4 Å². The zero-order valence-electron chi connectivity index (χ0n) is 24.3. The first-order chi connectivity index (χ1) is 20.2.